The first-order valence-corrected chi connectivity index (χ1v) is 6.35. The Morgan fingerprint density at radius 3 is 2.07 bits per heavy atom. The molecule has 0 aromatic heterocycles. The Labute approximate surface area is 94.7 Å². The van der Waals surface area contributed by atoms with Crippen LogP contribution in [0.25, 0.3) is 0 Å². The third kappa shape index (κ3) is 4.12. The Bertz CT molecular complexity index is 171. The van der Waals surface area contributed by atoms with Crippen molar-refractivity contribution in [2.75, 3.05) is 14.1 Å². The molecule has 0 radical (unpaired) electrons. The Balaban J connectivity index is 2.29. The molecule has 0 spiro atoms. The van der Waals surface area contributed by atoms with Gasteiger partial charge in [-0.1, -0.05) is 26.7 Å². The van der Waals surface area contributed by atoms with E-state index in [4.69, 9.17) is 0 Å². The van der Waals surface area contributed by atoms with Crippen molar-refractivity contribution in [3.63, 3.8) is 0 Å². The average Bonchev–Trinajstić information content (AvgIpc) is 2.17. The van der Waals surface area contributed by atoms with Gasteiger partial charge in [-0.25, -0.2) is 0 Å². The summed E-state index contributed by atoms with van der Waals surface area (Å²) in [5, 5.41) is 9.95. The molecule has 1 saturated carbocycles. The number of nitrogens with zero attached hydrogens (tertiary/aromatic N) is 1. The molecule has 1 N–H and O–H groups in total. The molecule has 2 heteroatoms. The molecule has 1 aliphatic carbocycles. The zero-order valence-corrected chi connectivity index (χ0v) is 10.7. The lowest BCUT2D eigenvalue weighted by Gasteiger charge is -2.34. The van der Waals surface area contributed by atoms with E-state index in [1.807, 2.05) is 19.0 Å². The molecule has 2 nitrogen and oxygen atoms in total. The minimum Gasteiger partial charge on any atom is -0.378 e. The van der Waals surface area contributed by atoms with Crippen molar-refractivity contribution in [2.24, 2.45) is 17.8 Å². The molecule has 0 heterocycles. The van der Waals surface area contributed by atoms with E-state index in [2.05, 4.69) is 13.8 Å². The van der Waals surface area contributed by atoms with Crippen LogP contribution in [0.1, 0.15) is 46.0 Å². The number of aliphatic hydroxyl groups is 1. The van der Waals surface area contributed by atoms with E-state index < -0.39 is 0 Å². The van der Waals surface area contributed by atoms with Gasteiger partial charge in [-0.05, 0) is 51.1 Å². The summed E-state index contributed by atoms with van der Waals surface area (Å²) in [5.74, 6) is 2.24. The molecule has 0 aromatic rings. The highest BCUT2D eigenvalue weighted by molar-refractivity contribution is 4.76. The fourth-order valence-corrected chi connectivity index (χ4v) is 2.81. The lowest BCUT2D eigenvalue weighted by Crippen LogP contribution is -2.37. The summed E-state index contributed by atoms with van der Waals surface area (Å²) in [6, 6.07) is 0. The summed E-state index contributed by atoms with van der Waals surface area (Å²) in [7, 11) is 3.93. The number of aliphatic hydroxyl groups excluding tert-OH is 1. The van der Waals surface area contributed by atoms with Crippen LogP contribution in [0.5, 0.6) is 0 Å². The second-order valence-corrected chi connectivity index (χ2v) is 5.79. The van der Waals surface area contributed by atoms with Gasteiger partial charge < -0.3 is 5.11 Å². The molecular weight excluding hydrogens is 186 g/mol. The van der Waals surface area contributed by atoms with Gasteiger partial charge in [0, 0.05) is 0 Å². The van der Waals surface area contributed by atoms with E-state index in [0.29, 0.717) is 5.92 Å². The summed E-state index contributed by atoms with van der Waals surface area (Å²) in [6.45, 7) is 4.61. The molecule has 15 heavy (non-hydrogen) atoms. The molecule has 0 amide bonds. The van der Waals surface area contributed by atoms with E-state index in [0.717, 1.165) is 11.8 Å². The van der Waals surface area contributed by atoms with E-state index in [1.165, 1.54) is 32.1 Å². The molecule has 0 bridgehead atoms. The van der Waals surface area contributed by atoms with Crippen LogP contribution >= 0.6 is 0 Å². The van der Waals surface area contributed by atoms with E-state index in [1.54, 1.807) is 0 Å². The Morgan fingerprint density at radius 1 is 1.13 bits per heavy atom. The molecule has 1 aliphatic rings. The van der Waals surface area contributed by atoms with Gasteiger partial charge >= 0.3 is 0 Å². The van der Waals surface area contributed by atoms with Gasteiger partial charge in [-0.15, -0.1) is 0 Å². The highest BCUT2D eigenvalue weighted by Gasteiger charge is 2.27. The second-order valence-electron chi connectivity index (χ2n) is 5.79. The summed E-state index contributed by atoms with van der Waals surface area (Å²) in [5.41, 5.74) is 0. The third-order valence-corrected chi connectivity index (χ3v) is 3.65. The SMILES string of the molecule is CC(C)C[C@H]1CC[C@H](C(O)N(C)C)CC1. The molecule has 1 fully saturated rings. The van der Waals surface area contributed by atoms with Crippen LogP contribution in [0.3, 0.4) is 0 Å². The highest BCUT2D eigenvalue weighted by atomic mass is 16.3. The Morgan fingerprint density at radius 2 is 1.67 bits per heavy atom. The van der Waals surface area contributed by atoms with Crippen LogP contribution in [0.2, 0.25) is 0 Å². The summed E-state index contributed by atoms with van der Waals surface area (Å²) in [6.07, 6.45) is 6.17. The topological polar surface area (TPSA) is 23.5 Å². The second kappa shape index (κ2) is 5.86. The third-order valence-electron chi connectivity index (χ3n) is 3.65. The molecule has 0 aliphatic heterocycles. The van der Waals surface area contributed by atoms with Gasteiger partial charge in [0.25, 0.3) is 0 Å². The van der Waals surface area contributed by atoms with Crippen molar-refractivity contribution >= 4 is 0 Å². The predicted molar refractivity (Wildman–Crippen MR) is 64.6 cm³/mol. The van der Waals surface area contributed by atoms with Crippen molar-refractivity contribution in [1.82, 2.24) is 4.90 Å². The summed E-state index contributed by atoms with van der Waals surface area (Å²) >= 11 is 0. The van der Waals surface area contributed by atoms with Crippen molar-refractivity contribution in [3.05, 3.63) is 0 Å². The maximum Gasteiger partial charge on any atom is 0.109 e. The van der Waals surface area contributed by atoms with Gasteiger partial charge in [-0.3, -0.25) is 4.90 Å². The molecule has 0 saturated heterocycles. The first kappa shape index (κ1) is 13.0. The zero-order chi connectivity index (χ0) is 11.4. The van der Waals surface area contributed by atoms with Crippen LogP contribution in [0.4, 0.5) is 0 Å². The predicted octanol–water partition coefficient (Wildman–Crippen LogP) is 2.72. The van der Waals surface area contributed by atoms with E-state index in [9.17, 15) is 5.11 Å². The maximum absolute atomic E-state index is 9.95. The van der Waals surface area contributed by atoms with Gasteiger partial charge in [0.05, 0.1) is 0 Å². The van der Waals surface area contributed by atoms with Gasteiger partial charge in [-0.2, -0.15) is 0 Å². The molecule has 0 aromatic carbocycles. The molecular formula is C13H27NO. The number of hydrogen-bond acceptors (Lipinski definition) is 2. The first-order valence-electron chi connectivity index (χ1n) is 6.35. The Hall–Kier alpha value is -0.0800. The fourth-order valence-electron chi connectivity index (χ4n) is 2.81. The minimum absolute atomic E-state index is 0.231. The average molecular weight is 213 g/mol. The quantitative estimate of drug-likeness (QED) is 0.726. The summed E-state index contributed by atoms with van der Waals surface area (Å²) in [4.78, 5) is 1.94. The van der Waals surface area contributed by atoms with Gasteiger partial charge in [0.2, 0.25) is 0 Å². The van der Waals surface area contributed by atoms with Gasteiger partial charge in [0.1, 0.15) is 6.23 Å². The lowest BCUT2D eigenvalue weighted by atomic mass is 9.78. The molecule has 90 valence electrons. The minimum atomic E-state index is -0.231. The fraction of sp³-hybridized carbons (Fsp3) is 1.00. The van der Waals surface area contributed by atoms with Crippen LogP contribution < -0.4 is 0 Å². The summed E-state index contributed by atoms with van der Waals surface area (Å²) < 4.78 is 0. The van der Waals surface area contributed by atoms with Crippen molar-refractivity contribution in [3.8, 4) is 0 Å². The molecule has 1 atom stereocenters. The van der Waals surface area contributed by atoms with Crippen LogP contribution in [0, 0.1) is 17.8 Å². The standard InChI is InChI=1S/C13H27NO/c1-10(2)9-11-5-7-12(8-6-11)13(15)14(3)4/h10-13,15H,5-9H2,1-4H3/t11-,12-,13?. The normalized spacial score (nSPS) is 29.8. The van der Waals surface area contributed by atoms with E-state index in [-0.39, 0.29) is 6.23 Å². The number of rotatable bonds is 4. The zero-order valence-electron chi connectivity index (χ0n) is 10.7. The largest absolute Gasteiger partial charge is 0.378 e. The smallest absolute Gasteiger partial charge is 0.109 e. The van der Waals surface area contributed by atoms with Crippen LogP contribution in [0.15, 0.2) is 0 Å². The van der Waals surface area contributed by atoms with Crippen LogP contribution in [-0.2, 0) is 0 Å². The van der Waals surface area contributed by atoms with Crippen molar-refractivity contribution in [1.29, 1.82) is 0 Å². The van der Waals surface area contributed by atoms with Crippen molar-refractivity contribution < 1.29 is 5.11 Å². The monoisotopic (exact) mass is 213 g/mol. The van der Waals surface area contributed by atoms with Crippen molar-refractivity contribution in [2.45, 2.75) is 52.2 Å². The lowest BCUT2D eigenvalue weighted by molar-refractivity contribution is -0.0284. The number of hydrogen-bond donors (Lipinski definition) is 1. The maximum atomic E-state index is 9.95. The first-order chi connectivity index (χ1) is 7.00. The molecule has 1 rings (SSSR count). The van der Waals surface area contributed by atoms with E-state index >= 15 is 0 Å². The highest BCUT2D eigenvalue weighted by Crippen LogP contribution is 2.34. The molecule has 1 unspecified atom stereocenters. The Kier molecular flexibility index (Phi) is 5.07. The van der Waals surface area contributed by atoms with Crippen LogP contribution in [-0.4, -0.2) is 30.3 Å². The van der Waals surface area contributed by atoms with Gasteiger partial charge in [0.15, 0.2) is 0 Å².